The van der Waals surface area contributed by atoms with Crippen LogP contribution in [-0.4, -0.2) is 0 Å². The van der Waals surface area contributed by atoms with Crippen LogP contribution >= 0.6 is 0 Å². The fraction of sp³-hybridized carbons (Fsp3) is 0.182. The molecule has 23 heavy (non-hydrogen) atoms. The molecule has 0 saturated heterocycles. The number of benzene rings is 3. The Hall–Kier alpha value is -2.54. The van der Waals surface area contributed by atoms with Crippen LogP contribution in [0.25, 0.3) is 33.1 Å². The van der Waals surface area contributed by atoms with Crippen LogP contribution in [0.3, 0.4) is 0 Å². The Morgan fingerprint density at radius 3 is 2.48 bits per heavy atom. The van der Waals surface area contributed by atoms with Crippen molar-refractivity contribution in [3.63, 3.8) is 0 Å². The molecule has 112 valence electrons. The average molecular weight is 298 g/mol. The van der Waals surface area contributed by atoms with Crippen molar-refractivity contribution in [3.05, 3.63) is 71.3 Å². The molecule has 0 saturated carbocycles. The zero-order chi connectivity index (χ0) is 15.8. The minimum absolute atomic E-state index is 0.0111. The minimum Gasteiger partial charge on any atom is -0.456 e. The molecule has 3 aromatic carbocycles. The van der Waals surface area contributed by atoms with E-state index in [1.54, 1.807) is 0 Å². The first-order chi connectivity index (χ1) is 11.1. The monoisotopic (exact) mass is 298 g/mol. The smallest absolute Gasteiger partial charge is 0.135 e. The second kappa shape index (κ2) is 4.05. The molecule has 0 N–H and O–H groups in total. The third-order valence-corrected chi connectivity index (χ3v) is 5.31. The first kappa shape index (κ1) is 13.0. The molecule has 0 fully saturated rings. The fourth-order valence-corrected chi connectivity index (χ4v) is 4.23. The van der Waals surface area contributed by atoms with Gasteiger partial charge in [0.2, 0.25) is 0 Å². The van der Waals surface area contributed by atoms with Gasteiger partial charge in [-0.25, -0.2) is 0 Å². The van der Waals surface area contributed by atoms with E-state index in [1.165, 1.54) is 38.6 Å². The summed E-state index contributed by atoms with van der Waals surface area (Å²) in [4.78, 5) is 0. The molecule has 5 rings (SSSR count). The summed E-state index contributed by atoms with van der Waals surface area (Å²) < 4.78 is 6.09. The van der Waals surface area contributed by atoms with Gasteiger partial charge in [-0.3, -0.25) is 0 Å². The normalized spacial score (nSPS) is 15.1. The summed E-state index contributed by atoms with van der Waals surface area (Å²) in [6.07, 6.45) is 0. The van der Waals surface area contributed by atoms with Crippen molar-refractivity contribution in [2.75, 3.05) is 0 Å². The van der Waals surface area contributed by atoms with Gasteiger partial charge in [-0.15, -0.1) is 0 Å². The van der Waals surface area contributed by atoms with Gasteiger partial charge in [0.25, 0.3) is 0 Å². The lowest BCUT2D eigenvalue weighted by Crippen LogP contribution is -2.15. The second-order valence-corrected chi connectivity index (χ2v) is 7.13. The fourth-order valence-electron chi connectivity index (χ4n) is 4.23. The zero-order valence-corrected chi connectivity index (χ0v) is 13.6. The summed E-state index contributed by atoms with van der Waals surface area (Å²) in [5.41, 5.74) is 8.81. The molecule has 1 aliphatic carbocycles. The highest BCUT2D eigenvalue weighted by Crippen LogP contribution is 2.52. The van der Waals surface area contributed by atoms with Gasteiger partial charge in [0.05, 0.1) is 0 Å². The molecule has 0 aliphatic heterocycles. The van der Waals surface area contributed by atoms with Gasteiger partial charge in [-0.1, -0.05) is 61.9 Å². The van der Waals surface area contributed by atoms with Crippen LogP contribution in [0.2, 0.25) is 0 Å². The first-order valence-corrected chi connectivity index (χ1v) is 8.13. The van der Waals surface area contributed by atoms with E-state index in [9.17, 15) is 0 Å². The standard InChI is InChI=1S/C22H18O/c1-13-8-9-14-15-10-11-19-20(16-6-4-5-7-18(16)23-19)21(15)22(2,3)17(14)12-13/h4-12H,1-3H3. The van der Waals surface area contributed by atoms with Crippen LogP contribution in [0.4, 0.5) is 0 Å². The third-order valence-electron chi connectivity index (χ3n) is 5.31. The summed E-state index contributed by atoms with van der Waals surface area (Å²) >= 11 is 0. The van der Waals surface area contributed by atoms with Gasteiger partial charge < -0.3 is 4.42 Å². The molecule has 1 aliphatic rings. The second-order valence-electron chi connectivity index (χ2n) is 7.13. The molecule has 1 heterocycles. The number of hydrogen-bond acceptors (Lipinski definition) is 1. The predicted molar refractivity (Wildman–Crippen MR) is 96.0 cm³/mol. The Bertz CT molecular complexity index is 1100. The Morgan fingerprint density at radius 1 is 0.826 bits per heavy atom. The molecule has 0 bridgehead atoms. The lowest BCUT2D eigenvalue weighted by Gasteiger charge is -2.22. The highest BCUT2D eigenvalue weighted by atomic mass is 16.3. The van der Waals surface area contributed by atoms with Crippen LogP contribution in [0.5, 0.6) is 0 Å². The van der Waals surface area contributed by atoms with Gasteiger partial charge >= 0.3 is 0 Å². The molecular formula is C22H18O. The third kappa shape index (κ3) is 1.52. The van der Waals surface area contributed by atoms with Crippen molar-refractivity contribution < 1.29 is 4.42 Å². The molecule has 1 nitrogen and oxygen atoms in total. The van der Waals surface area contributed by atoms with Crippen LogP contribution in [0.15, 0.2) is 59.0 Å². The Balaban J connectivity index is 2.00. The molecule has 0 unspecified atom stereocenters. The van der Waals surface area contributed by atoms with E-state index < -0.39 is 0 Å². The Morgan fingerprint density at radius 2 is 1.61 bits per heavy atom. The first-order valence-electron chi connectivity index (χ1n) is 8.13. The number of fused-ring (bicyclic) bond motifs is 7. The molecule has 0 atom stereocenters. The topological polar surface area (TPSA) is 13.1 Å². The van der Waals surface area contributed by atoms with Gasteiger partial charge in [0.1, 0.15) is 11.2 Å². The Kier molecular flexibility index (Phi) is 2.28. The van der Waals surface area contributed by atoms with Crippen molar-refractivity contribution >= 4 is 21.9 Å². The highest BCUT2D eigenvalue weighted by Gasteiger charge is 2.37. The average Bonchev–Trinajstić information content (AvgIpc) is 3.01. The van der Waals surface area contributed by atoms with Gasteiger partial charge in [0.15, 0.2) is 0 Å². The van der Waals surface area contributed by atoms with Crippen molar-refractivity contribution in [1.82, 2.24) is 0 Å². The summed E-state index contributed by atoms with van der Waals surface area (Å²) in [7, 11) is 0. The van der Waals surface area contributed by atoms with Crippen LogP contribution in [0, 0.1) is 6.92 Å². The van der Waals surface area contributed by atoms with Gasteiger partial charge in [-0.2, -0.15) is 0 Å². The van der Waals surface area contributed by atoms with Gasteiger partial charge in [-0.05, 0) is 41.3 Å². The zero-order valence-electron chi connectivity index (χ0n) is 13.6. The number of hydrogen-bond donors (Lipinski definition) is 0. The van der Waals surface area contributed by atoms with Crippen molar-refractivity contribution in [2.24, 2.45) is 0 Å². The maximum Gasteiger partial charge on any atom is 0.135 e. The van der Waals surface area contributed by atoms with E-state index in [2.05, 4.69) is 69.3 Å². The molecule has 1 aromatic heterocycles. The molecule has 0 amide bonds. The summed E-state index contributed by atoms with van der Waals surface area (Å²) in [6.45, 7) is 6.83. The van der Waals surface area contributed by atoms with Crippen LogP contribution in [0.1, 0.15) is 30.5 Å². The molecular weight excluding hydrogens is 280 g/mol. The van der Waals surface area contributed by atoms with Crippen LogP contribution in [-0.2, 0) is 5.41 Å². The largest absolute Gasteiger partial charge is 0.456 e. The molecule has 0 spiro atoms. The summed E-state index contributed by atoms with van der Waals surface area (Å²) in [5.74, 6) is 0. The number of aryl methyl sites for hydroxylation is 1. The van der Waals surface area contributed by atoms with E-state index in [0.717, 1.165) is 11.2 Å². The molecule has 0 radical (unpaired) electrons. The van der Waals surface area contributed by atoms with E-state index in [-0.39, 0.29) is 5.41 Å². The highest BCUT2D eigenvalue weighted by molar-refractivity contribution is 6.10. The van der Waals surface area contributed by atoms with Crippen LogP contribution < -0.4 is 0 Å². The molecule has 1 heteroatoms. The lowest BCUT2D eigenvalue weighted by molar-refractivity contribution is 0.656. The van der Waals surface area contributed by atoms with Crippen molar-refractivity contribution in [3.8, 4) is 11.1 Å². The quantitative estimate of drug-likeness (QED) is 0.376. The van der Waals surface area contributed by atoms with E-state index in [0.29, 0.717) is 0 Å². The number of para-hydroxylation sites is 1. The molecule has 4 aromatic rings. The SMILES string of the molecule is Cc1ccc2c(c1)C(C)(C)c1c-2ccc2oc3ccccc3c12. The number of furan rings is 1. The maximum absolute atomic E-state index is 6.09. The summed E-state index contributed by atoms with van der Waals surface area (Å²) in [5, 5.41) is 2.49. The van der Waals surface area contributed by atoms with Crippen molar-refractivity contribution in [1.29, 1.82) is 0 Å². The van der Waals surface area contributed by atoms with E-state index >= 15 is 0 Å². The van der Waals surface area contributed by atoms with E-state index in [1.807, 2.05) is 6.07 Å². The van der Waals surface area contributed by atoms with Crippen molar-refractivity contribution in [2.45, 2.75) is 26.2 Å². The Labute approximate surface area is 135 Å². The minimum atomic E-state index is -0.0111. The maximum atomic E-state index is 6.09. The van der Waals surface area contributed by atoms with E-state index in [4.69, 9.17) is 4.42 Å². The summed E-state index contributed by atoms with van der Waals surface area (Å²) in [6, 6.07) is 19.5. The predicted octanol–water partition coefficient (Wildman–Crippen LogP) is 6.20. The van der Waals surface area contributed by atoms with Gasteiger partial charge in [0, 0.05) is 16.2 Å². The number of rotatable bonds is 0. The lowest BCUT2D eigenvalue weighted by atomic mass is 9.80.